The molecule has 0 unspecified atom stereocenters. The highest BCUT2D eigenvalue weighted by Gasteiger charge is 2.28. The van der Waals surface area contributed by atoms with Crippen LogP contribution in [0.2, 0.25) is 0 Å². The van der Waals surface area contributed by atoms with Crippen LogP contribution >= 0.6 is 0 Å². The average Bonchev–Trinajstić information content (AvgIpc) is 2.82. The summed E-state index contributed by atoms with van der Waals surface area (Å²) in [5, 5.41) is 0. The Labute approximate surface area is 181 Å². The first-order chi connectivity index (χ1) is 15.1. The highest BCUT2D eigenvalue weighted by Crippen LogP contribution is 2.21. The molecule has 0 atom stereocenters. The summed E-state index contributed by atoms with van der Waals surface area (Å²) < 4.78 is 10.3. The Kier molecular flexibility index (Phi) is 7.91. The molecule has 9 nitrogen and oxygen atoms in total. The van der Waals surface area contributed by atoms with Crippen LogP contribution in [-0.2, 0) is 23.9 Å². The van der Waals surface area contributed by atoms with Crippen molar-refractivity contribution in [1.82, 2.24) is 9.97 Å². The number of para-hydroxylation sites is 1. The van der Waals surface area contributed by atoms with E-state index in [0.717, 1.165) is 0 Å². The van der Waals surface area contributed by atoms with E-state index in [4.69, 9.17) is 9.47 Å². The Balaban J connectivity index is 1.53. The number of hydrogen-bond acceptors (Lipinski definition) is 8. The van der Waals surface area contributed by atoms with E-state index in [9.17, 15) is 14.4 Å². The molecule has 0 spiro atoms. The lowest BCUT2D eigenvalue weighted by molar-refractivity contribution is -0.152. The second-order valence-electron chi connectivity index (χ2n) is 7.04. The monoisotopic (exact) mass is 426 g/mol. The maximum absolute atomic E-state index is 12.7. The fourth-order valence-electron chi connectivity index (χ4n) is 3.37. The molecule has 2 heterocycles. The first kappa shape index (κ1) is 22.2. The van der Waals surface area contributed by atoms with Crippen molar-refractivity contribution in [1.29, 1.82) is 0 Å². The van der Waals surface area contributed by atoms with Gasteiger partial charge in [0, 0.05) is 31.2 Å². The number of ether oxygens (including phenoxy) is 2. The van der Waals surface area contributed by atoms with E-state index in [0.29, 0.717) is 37.6 Å². The Morgan fingerprint density at radius 2 is 1.71 bits per heavy atom. The van der Waals surface area contributed by atoms with Crippen LogP contribution in [0.3, 0.4) is 0 Å². The number of benzene rings is 1. The van der Waals surface area contributed by atoms with Crippen molar-refractivity contribution in [2.45, 2.75) is 19.8 Å². The summed E-state index contributed by atoms with van der Waals surface area (Å²) in [6, 6.07) is 10.5. The largest absolute Gasteiger partial charge is 0.465 e. The summed E-state index contributed by atoms with van der Waals surface area (Å²) in [6.45, 7) is 2.51. The molecule has 0 radical (unpaired) electrons. The van der Waals surface area contributed by atoms with Crippen LogP contribution < -0.4 is 9.80 Å². The van der Waals surface area contributed by atoms with Gasteiger partial charge in [-0.1, -0.05) is 18.2 Å². The maximum atomic E-state index is 12.7. The third-order valence-electron chi connectivity index (χ3n) is 4.96. The molecular formula is C22H26N4O5. The zero-order valence-corrected chi connectivity index (χ0v) is 17.5. The van der Waals surface area contributed by atoms with Gasteiger partial charge in [0.1, 0.15) is 6.54 Å². The van der Waals surface area contributed by atoms with Crippen LogP contribution in [-0.4, -0.2) is 60.7 Å². The Morgan fingerprint density at radius 3 is 2.35 bits per heavy atom. The Morgan fingerprint density at radius 1 is 1.03 bits per heavy atom. The lowest BCUT2D eigenvalue weighted by atomic mass is 9.97. The van der Waals surface area contributed by atoms with Crippen molar-refractivity contribution in [2.24, 2.45) is 5.92 Å². The zero-order valence-electron chi connectivity index (χ0n) is 17.5. The minimum Gasteiger partial charge on any atom is -0.465 e. The van der Waals surface area contributed by atoms with E-state index >= 15 is 0 Å². The lowest BCUT2D eigenvalue weighted by Gasteiger charge is -2.30. The number of rotatable bonds is 8. The summed E-state index contributed by atoms with van der Waals surface area (Å²) in [5.74, 6) is -1.07. The number of amides is 1. The summed E-state index contributed by atoms with van der Waals surface area (Å²) in [6.07, 6.45) is 4.55. The molecule has 164 valence electrons. The predicted octanol–water partition coefficient (Wildman–Crippen LogP) is 1.83. The minimum absolute atomic E-state index is 0.220. The fourth-order valence-corrected chi connectivity index (χ4v) is 3.37. The van der Waals surface area contributed by atoms with E-state index in [1.54, 1.807) is 49.6 Å². The first-order valence-corrected chi connectivity index (χ1v) is 10.3. The van der Waals surface area contributed by atoms with Gasteiger partial charge >= 0.3 is 11.9 Å². The van der Waals surface area contributed by atoms with Crippen LogP contribution in [0.1, 0.15) is 19.8 Å². The van der Waals surface area contributed by atoms with Crippen molar-refractivity contribution in [2.75, 3.05) is 42.6 Å². The number of piperidine rings is 1. The van der Waals surface area contributed by atoms with Crippen molar-refractivity contribution < 1.29 is 23.9 Å². The number of carbonyl (C=O) groups is 3. The molecule has 0 saturated carbocycles. The third kappa shape index (κ3) is 6.24. The number of carbonyl (C=O) groups excluding carboxylic acids is 3. The molecular weight excluding hydrogens is 400 g/mol. The number of esters is 2. The molecule has 1 saturated heterocycles. The predicted molar refractivity (Wildman–Crippen MR) is 113 cm³/mol. The fraction of sp³-hybridized carbons (Fsp3) is 0.409. The van der Waals surface area contributed by atoms with Crippen LogP contribution in [0.5, 0.6) is 0 Å². The van der Waals surface area contributed by atoms with Crippen LogP contribution in [0, 0.1) is 5.92 Å². The van der Waals surface area contributed by atoms with Crippen LogP contribution in [0.25, 0.3) is 0 Å². The number of aromatic nitrogens is 2. The van der Waals surface area contributed by atoms with Gasteiger partial charge in [0.15, 0.2) is 6.61 Å². The SMILES string of the molecule is CCOC(=O)CN(C(=O)COC(=O)C1CCN(c2ncccn2)CC1)c1ccccc1. The average molecular weight is 426 g/mol. The summed E-state index contributed by atoms with van der Waals surface area (Å²) >= 11 is 0. The maximum Gasteiger partial charge on any atom is 0.326 e. The number of hydrogen-bond donors (Lipinski definition) is 0. The molecule has 1 fully saturated rings. The molecule has 1 aromatic carbocycles. The topological polar surface area (TPSA) is 102 Å². The van der Waals surface area contributed by atoms with Gasteiger partial charge < -0.3 is 14.4 Å². The van der Waals surface area contributed by atoms with Gasteiger partial charge in [-0.05, 0) is 38.0 Å². The standard InChI is InChI=1S/C22H26N4O5/c1-2-30-20(28)15-26(18-7-4-3-5-8-18)19(27)16-31-21(29)17-9-13-25(14-10-17)22-23-11-6-12-24-22/h3-8,11-12,17H,2,9-10,13-16H2,1H3. The van der Waals surface area contributed by atoms with Gasteiger partial charge in [-0.25, -0.2) is 9.97 Å². The van der Waals surface area contributed by atoms with E-state index < -0.39 is 24.5 Å². The Bertz CT molecular complexity index is 870. The summed E-state index contributed by atoms with van der Waals surface area (Å²) in [7, 11) is 0. The lowest BCUT2D eigenvalue weighted by Crippen LogP contribution is -2.41. The molecule has 0 aliphatic carbocycles. The van der Waals surface area contributed by atoms with Gasteiger partial charge in [-0.3, -0.25) is 19.3 Å². The second kappa shape index (κ2) is 11.1. The molecule has 1 aromatic heterocycles. The highest BCUT2D eigenvalue weighted by atomic mass is 16.5. The minimum atomic E-state index is -0.526. The smallest absolute Gasteiger partial charge is 0.326 e. The van der Waals surface area contributed by atoms with Crippen LogP contribution in [0.15, 0.2) is 48.8 Å². The van der Waals surface area contributed by atoms with Gasteiger partial charge in [0.25, 0.3) is 5.91 Å². The number of nitrogens with zero attached hydrogens (tertiary/aromatic N) is 4. The van der Waals surface area contributed by atoms with Crippen molar-refractivity contribution in [3.63, 3.8) is 0 Å². The van der Waals surface area contributed by atoms with E-state index in [1.807, 2.05) is 11.0 Å². The second-order valence-corrected chi connectivity index (χ2v) is 7.04. The van der Waals surface area contributed by atoms with Gasteiger partial charge in [0.2, 0.25) is 5.95 Å². The van der Waals surface area contributed by atoms with Gasteiger partial charge in [-0.2, -0.15) is 0 Å². The Hall–Kier alpha value is -3.49. The highest BCUT2D eigenvalue weighted by molar-refractivity contribution is 5.99. The van der Waals surface area contributed by atoms with Crippen LogP contribution in [0.4, 0.5) is 11.6 Å². The van der Waals surface area contributed by atoms with Crippen molar-refractivity contribution in [3.05, 3.63) is 48.8 Å². The van der Waals surface area contributed by atoms with E-state index in [1.165, 1.54) is 4.90 Å². The molecule has 1 aliphatic heterocycles. The molecule has 1 aliphatic rings. The molecule has 3 rings (SSSR count). The molecule has 2 aromatic rings. The molecule has 1 amide bonds. The molecule has 9 heteroatoms. The van der Waals surface area contributed by atoms with Crippen molar-refractivity contribution in [3.8, 4) is 0 Å². The zero-order chi connectivity index (χ0) is 22.1. The van der Waals surface area contributed by atoms with Crippen molar-refractivity contribution >= 4 is 29.5 Å². The quantitative estimate of drug-likeness (QED) is 0.589. The summed E-state index contributed by atoms with van der Waals surface area (Å²) in [4.78, 5) is 48.9. The van der Waals surface area contributed by atoms with E-state index in [-0.39, 0.29) is 19.1 Å². The normalized spacial score (nSPS) is 14.0. The number of anilines is 2. The van der Waals surface area contributed by atoms with E-state index in [2.05, 4.69) is 9.97 Å². The van der Waals surface area contributed by atoms with Gasteiger partial charge in [-0.15, -0.1) is 0 Å². The molecule has 0 N–H and O–H groups in total. The third-order valence-corrected chi connectivity index (χ3v) is 4.96. The van der Waals surface area contributed by atoms with Gasteiger partial charge in [0.05, 0.1) is 12.5 Å². The molecule has 31 heavy (non-hydrogen) atoms. The summed E-state index contributed by atoms with van der Waals surface area (Å²) in [5.41, 5.74) is 0.535. The molecule has 0 bridgehead atoms. The first-order valence-electron chi connectivity index (χ1n) is 10.3.